The molecule has 0 unspecified atom stereocenters. The van der Waals surface area contributed by atoms with E-state index in [9.17, 15) is 0 Å². The van der Waals surface area contributed by atoms with Gasteiger partial charge in [0.1, 0.15) is 0 Å². The van der Waals surface area contributed by atoms with Crippen molar-refractivity contribution in [3.05, 3.63) is 0 Å². The summed E-state index contributed by atoms with van der Waals surface area (Å²) < 4.78 is 0. The quantitative estimate of drug-likeness (QED) is 0.194. The van der Waals surface area contributed by atoms with Gasteiger partial charge in [-0.1, -0.05) is 5.04 Å². The zero-order chi connectivity index (χ0) is 6.71. The van der Waals surface area contributed by atoms with Crippen molar-refractivity contribution in [2.45, 2.75) is 0 Å². The largest absolute Gasteiger partial charge is 0.255 e. The van der Waals surface area contributed by atoms with Gasteiger partial charge in [0.15, 0.2) is 0 Å². The Morgan fingerprint density at radius 3 is 0.714 bits per heavy atom. The van der Waals surface area contributed by atoms with E-state index in [0.29, 0.717) is 0 Å². The Morgan fingerprint density at radius 2 is 0.714 bits per heavy atom. The van der Waals surface area contributed by atoms with Crippen LogP contribution in [0.25, 0.3) is 0 Å². The van der Waals surface area contributed by atoms with Gasteiger partial charge >= 0.3 is 0 Å². The van der Waals surface area contributed by atoms with Crippen molar-refractivity contribution in [2.75, 3.05) is 0 Å². The highest BCUT2D eigenvalue weighted by atomic mass is 17.4. The molecule has 0 aliphatic carbocycles. The molecule has 0 radical (unpaired) electrons. The second kappa shape index (κ2) is 246. The summed E-state index contributed by atoms with van der Waals surface area (Å²) in [7, 11) is 0. The van der Waals surface area contributed by atoms with Crippen LogP contribution in [0, 0.1) is 0 Å². The molecule has 0 heterocycles. The molecule has 48 valence electrons. The van der Waals surface area contributed by atoms with Crippen LogP contribution in [-0.4, -0.2) is 31.5 Å². The van der Waals surface area contributed by atoms with E-state index in [1.165, 1.54) is 0 Å². The summed E-state index contributed by atoms with van der Waals surface area (Å²) in [6.45, 7) is 0. The Balaban J connectivity index is -0.0000000360. The summed E-state index contributed by atoms with van der Waals surface area (Å²) in [4.78, 5) is 0. The summed E-state index contributed by atoms with van der Waals surface area (Å²) in [6.07, 6.45) is 0. The van der Waals surface area contributed by atoms with E-state index in [2.05, 4.69) is 5.04 Å². The summed E-state index contributed by atoms with van der Waals surface area (Å²) in [5, 5.41) is 39.5. The monoisotopic (exact) mass is 118 g/mol. The number of rotatable bonds is 0. The van der Waals surface area contributed by atoms with Crippen LogP contribution in [0.2, 0.25) is 0 Å². The van der Waals surface area contributed by atoms with Gasteiger partial charge in [-0.15, -0.1) is 0 Å². The molecule has 0 atom stereocenters. The van der Waals surface area contributed by atoms with Crippen LogP contribution in [0.1, 0.15) is 0 Å². The van der Waals surface area contributed by atoms with Crippen molar-refractivity contribution in [1.29, 1.82) is 0 Å². The van der Waals surface area contributed by atoms with Crippen LogP contribution in [0.5, 0.6) is 0 Å². The lowest BCUT2D eigenvalue weighted by Gasteiger charge is -1.56. The van der Waals surface area contributed by atoms with Crippen LogP contribution in [0.3, 0.4) is 0 Å². The summed E-state index contributed by atoms with van der Waals surface area (Å²) in [6, 6.07) is 0. The first-order chi connectivity index (χ1) is 3.41. The third kappa shape index (κ3) is 1010. The molecule has 7 heavy (non-hydrogen) atoms. The molecule has 7 nitrogen and oxygen atoms in total. The van der Waals surface area contributed by atoms with Gasteiger partial charge in [-0.25, -0.2) is 10.5 Å². The molecule has 0 aromatic rings. The van der Waals surface area contributed by atoms with Crippen molar-refractivity contribution >= 4 is 0 Å². The van der Waals surface area contributed by atoms with E-state index in [4.69, 9.17) is 31.5 Å². The number of hydrogen-bond acceptors (Lipinski definition) is 7. The van der Waals surface area contributed by atoms with E-state index in [-0.39, 0.29) is 0 Å². The van der Waals surface area contributed by atoms with Gasteiger partial charge in [0, 0.05) is 0 Å². The van der Waals surface area contributed by atoms with Crippen molar-refractivity contribution < 1.29 is 36.6 Å². The molecule has 6 N–H and O–H groups in total. The van der Waals surface area contributed by atoms with Crippen molar-refractivity contribution in [3.8, 4) is 0 Å². The van der Waals surface area contributed by atoms with Gasteiger partial charge in [0.25, 0.3) is 0 Å². The Labute approximate surface area is 38.0 Å². The summed E-state index contributed by atoms with van der Waals surface area (Å²) >= 11 is 0. The van der Waals surface area contributed by atoms with Gasteiger partial charge in [-0.2, -0.15) is 0 Å². The predicted molar refractivity (Wildman–Crippen MR) is 16.9 cm³/mol. The maximum absolute atomic E-state index is 6.62. The van der Waals surface area contributed by atoms with E-state index < -0.39 is 0 Å². The molecule has 0 fully saturated rings. The minimum Gasteiger partial charge on any atom is -0.255 e. The molecule has 0 rings (SSSR count). The molecule has 0 bridgehead atoms. The lowest BCUT2D eigenvalue weighted by Crippen LogP contribution is -1.60. The van der Waals surface area contributed by atoms with Crippen LogP contribution in [0.15, 0.2) is 0 Å². The van der Waals surface area contributed by atoms with Crippen molar-refractivity contribution in [1.82, 2.24) is 0 Å². The normalized spacial score (nSPS) is 4.29. The van der Waals surface area contributed by atoms with E-state index in [1.807, 2.05) is 0 Å². The summed E-state index contributed by atoms with van der Waals surface area (Å²) in [5.74, 6) is 0. The van der Waals surface area contributed by atoms with Crippen molar-refractivity contribution in [2.24, 2.45) is 0 Å². The van der Waals surface area contributed by atoms with Gasteiger partial charge < -0.3 is 0 Å². The molecule has 7 heteroatoms. The minimum atomic E-state index is 2.25. The first-order valence-corrected chi connectivity index (χ1v) is 0.765. The fourth-order valence-corrected chi connectivity index (χ4v) is 0. The first kappa shape index (κ1) is 15.9. The second-order valence-electron chi connectivity index (χ2n) is 0.0816. The fourth-order valence-electron chi connectivity index (χ4n) is 0. The van der Waals surface area contributed by atoms with Gasteiger partial charge in [-0.05, 0) is 0 Å². The standard InChI is InChI=1S/H2O3.2H2O2/c1-3-2;2*1-2/h1-2H;2*1-2H. The van der Waals surface area contributed by atoms with E-state index >= 15 is 0 Å². The first-order valence-electron chi connectivity index (χ1n) is 0.765. The Hall–Kier alpha value is -0.280. The van der Waals surface area contributed by atoms with E-state index in [0.717, 1.165) is 0 Å². The molecular formula is H6O7. The molecule has 0 saturated heterocycles. The van der Waals surface area contributed by atoms with Gasteiger partial charge in [0.05, 0.1) is 0 Å². The highest BCUT2D eigenvalue weighted by molar-refractivity contribution is 2.38. The third-order valence-electron chi connectivity index (χ3n) is 0. The Bertz CT molecular complexity index is 0. The van der Waals surface area contributed by atoms with Crippen LogP contribution >= 0.6 is 0 Å². The summed E-state index contributed by atoms with van der Waals surface area (Å²) in [5.41, 5.74) is 0. The highest BCUT2D eigenvalue weighted by Crippen LogP contribution is 1.24. The van der Waals surface area contributed by atoms with Crippen LogP contribution < -0.4 is 0 Å². The average Bonchev–Trinajstić information content (AvgIpc) is 1.78. The van der Waals surface area contributed by atoms with Gasteiger partial charge in [-0.3, -0.25) is 21.0 Å². The average molecular weight is 118 g/mol. The topological polar surface area (TPSA) is 131 Å². The zero-order valence-corrected chi connectivity index (χ0v) is 3.09. The second-order valence-corrected chi connectivity index (χ2v) is 0.0816. The molecule has 0 aliphatic heterocycles. The zero-order valence-electron chi connectivity index (χ0n) is 3.09. The minimum absolute atomic E-state index is 2.25. The lowest BCUT2D eigenvalue weighted by molar-refractivity contribution is -0.465. The maximum atomic E-state index is 6.62. The molecule has 0 amide bonds. The van der Waals surface area contributed by atoms with Crippen LogP contribution in [-0.2, 0) is 5.04 Å². The molecule has 0 aromatic heterocycles. The Kier molecular flexibility index (Phi) is 558. The molecular weight excluding hydrogens is 112 g/mol. The van der Waals surface area contributed by atoms with Gasteiger partial charge in [0.2, 0.25) is 0 Å². The Morgan fingerprint density at radius 1 is 0.714 bits per heavy atom. The highest BCUT2D eigenvalue weighted by Gasteiger charge is 1.27. The number of hydrogen-bond donors (Lipinski definition) is 6. The predicted octanol–water partition coefficient (Wildman–Crippen LogP) is -0.0162. The molecule has 0 spiro atoms. The SMILES string of the molecule is OO.OO.OOO. The lowest BCUT2D eigenvalue weighted by atomic mass is 14.6. The smallest absolute Gasteiger partial charge is 0.0737 e. The van der Waals surface area contributed by atoms with E-state index in [1.54, 1.807) is 0 Å². The van der Waals surface area contributed by atoms with Crippen molar-refractivity contribution in [3.63, 3.8) is 0 Å². The third-order valence-corrected chi connectivity index (χ3v) is 0. The maximum Gasteiger partial charge on any atom is -0.0737 e. The fraction of sp³-hybridized carbons (Fsp3) is 0. The molecule has 0 aliphatic rings. The van der Waals surface area contributed by atoms with Crippen LogP contribution in [0.4, 0.5) is 0 Å². The molecule has 0 aromatic carbocycles. The molecule has 0 saturated carbocycles.